The number of hydrogen-bond donors (Lipinski definition) is 0. The molecule has 0 spiro atoms. The summed E-state index contributed by atoms with van der Waals surface area (Å²) >= 11 is 0. The van der Waals surface area contributed by atoms with Gasteiger partial charge < -0.3 is 9.47 Å². The van der Waals surface area contributed by atoms with Crippen molar-refractivity contribution < 1.29 is 23.5 Å². The van der Waals surface area contributed by atoms with E-state index in [2.05, 4.69) is 0 Å². The molecule has 0 bridgehead atoms. The van der Waals surface area contributed by atoms with Gasteiger partial charge in [0.2, 0.25) is 0 Å². The predicted octanol–water partition coefficient (Wildman–Crippen LogP) is 2.92. The Morgan fingerprint density at radius 3 is 2.05 bits per heavy atom. The highest BCUT2D eigenvalue weighted by Gasteiger charge is 2.35. The van der Waals surface area contributed by atoms with Crippen LogP contribution in [0.15, 0.2) is 0 Å². The van der Waals surface area contributed by atoms with E-state index in [1.807, 2.05) is 0 Å². The van der Waals surface area contributed by atoms with Gasteiger partial charge in [-0.15, -0.1) is 0 Å². The Kier molecular flexibility index (Phi) is 6.44. The van der Waals surface area contributed by atoms with Gasteiger partial charge in [0, 0.05) is 13.5 Å². The first kappa shape index (κ1) is 18.7. The molecule has 0 radical (unpaired) electrons. The molecule has 0 saturated carbocycles. The van der Waals surface area contributed by atoms with Crippen LogP contribution in [-0.4, -0.2) is 47.9 Å². The van der Waals surface area contributed by atoms with E-state index in [-0.39, 0.29) is 13.0 Å². The van der Waals surface area contributed by atoms with Gasteiger partial charge in [0.25, 0.3) is 0 Å². The molecule has 1 atom stereocenters. The quantitative estimate of drug-likeness (QED) is 0.731. The van der Waals surface area contributed by atoms with Crippen LogP contribution < -0.4 is 0 Å². The van der Waals surface area contributed by atoms with Gasteiger partial charge in [0.15, 0.2) is 0 Å². The first-order valence-electron chi connectivity index (χ1n) is 6.68. The zero-order valence-electron chi connectivity index (χ0n) is 13.4. The van der Waals surface area contributed by atoms with E-state index in [1.54, 1.807) is 27.7 Å². The molecule has 0 aliphatic heterocycles. The fourth-order valence-electron chi connectivity index (χ4n) is 1.54. The molecule has 0 heterocycles. The van der Waals surface area contributed by atoms with Crippen LogP contribution in [0.3, 0.4) is 0 Å². The normalized spacial score (nSPS) is 13.6. The average molecular weight is 291 g/mol. The number of halogens is 1. The van der Waals surface area contributed by atoms with E-state index in [9.17, 15) is 14.0 Å². The SMILES string of the molecule is CCOC(=O)C(CC(C)(C)F)N(C)C(=O)OC(C)(C)C. The first-order valence-corrected chi connectivity index (χ1v) is 6.68. The molecular weight excluding hydrogens is 265 g/mol. The van der Waals surface area contributed by atoms with Gasteiger partial charge in [-0.3, -0.25) is 4.90 Å². The van der Waals surface area contributed by atoms with Crippen LogP contribution in [0.4, 0.5) is 9.18 Å². The highest BCUT2D eigenvalue weighted by atomic mass is 19.1. The number of ether oxygens (including phenoxy) is 2. The van der Waals surface area contributed by atoms with Crippen LogP contribution in [0.2, 0.25) is 0 Å². The van der Waals surface area contributed by atoms with Crippen LogP contribution in [0, 0.1) is 0 Å². The molecule has 0 saturated heterocycles. The number of alkyl halides is 1. The van der Waals surface area contributed by atoms with Crippen molar-refractivity contribution in [3.63, 3.8) is 0 Å². The van der Waals surface area contributed by atoms with Gasteiger partial charge in [0.1, 0.15) is 17.3 Å². The molecule has 0 fully saturated rings. The molecule has 118 valence electrons. The number of hydrogen-bond acceptors (Lipinski definition) is 4. The lowest BCUT2D eigenvalue weighted by molar-refractivity contribution is -0.150. The number of esters is 1. The van der Waals surface area contributed by atoms with E-state index in [4.69, 9.17) is 9.47 Å². The lowest BCUT2D eigenvalue weighted by Gasteiger charge is -2.31. The lowest BCUT2D eigenvalue weighted by atomic mass is 10.00. The van der Waals surface area contributed by atoms with E-state index in [1.165, 1.54) is 20.9 Å². The second-order valence-corrected chi connectivity index (χ2v) is 6.28. The number of rotatable bonds is 5. The number of nitrogens with zero attached hydrogens (tertiary/aromatic N) is 1. The maximum Gasteiger partial charge on any atom is 0.410 e. The predicted molar refractivity (Wildman–Crippen MR) is 74.2 cm³/mol. The molecule has 1 amide bonds. The molecule has 1 unspecified atom stereocenters. The minimum absolute atomic E-state index is 0.151. The first-order chi connectivity index (χ1) is 8.87. The van der Waals surface area contributed by atoms with Gasteiger partial charge in [-0.05, 0) is 41.5 Å². The minimum atomic E-state index is -1.60. The van der Waals surface area contributed by atoms with Crippen molar-refractivity contribution in [3.05, 3.63) is 0 Å². The molecule has 0 rings (SSSR count). The molecule has 0 aliphatic rings. The zero-order chi connectivity index (χ0) is 16.1. The molecule has 0 N–H and O–H groups in total. The number of amides is 1. The lowest BCUT2D eigenvalue weighted by Crippen LogP contribution is -2.47. The molecule has 0 aromatic carbocycles. The second kappa shape index (κ2) is 6.90. The van der Waals surface area contributed by atoms with Crippen LogP contribution in [0.1, 0.15) is 48.0 Å². The van der Waals surface area contributed by atoms with Crippen LogP contribution in [0.5, 0.6) is 0 Å². The Bertz CT molecular complexity index is 344. The maximum atomic E-state index is 13.8. The minimum Gasteiger partial charge on any atom is -0.464 e. The second-order valence-electron chi connectivity index (χ2n) is 6.28. The Hall–Kier alpha value is -1.33. The molecule has 0 aromatic heterocycles. The molecular formula is C14H26FNO4. The average Bonchev–Trinajstić information content (AvgIpc) is 2.21. The third-order valence-corrected chi connectivity index (χ3v) is 2.39. The van der Waals surface area contributed by atoms with Crippen molar-refractivity contribution in [2.45, 2.75) is 65.3 Å². The topological polar surface area (TPSA) is 55.8 Å². The maximum absolute atomic E-state index is 13.8. The summed E-state index contributed by atoms with van der Waals surface area (Å²) in [6.45, 7) is 9.68. The van der Waals surface area contributed by atoms with E-state index in [0.29, 0.717) is 0 Å². The number of carbonyl (C=O) groups excluding carboxylic acids is 2. The largest absolute Gasteiger partial charge is 0.464 e. The van der Waals surface area contributed by atoms with E-state index < -0.39 is 29.4 Å². The van der Waals surface area contributed by atoms with Crippen LogP contribution in [0.25, 0.3) is 0 Å². The zero-order valence-corrected chi connectivity index (χ0v) is 13.4. The van der Waals surface area contributed by atoms with Gasteiger partial charge in [-0.2, -0.15) is 0 Å². The fourth-order valence-corrected chi connectivity index (χ4v) is 1.54. The van der Waals surface area contributed by atoms with Gasteiger partial charge >= 0.3 is 12.1 Å². The van der Waals surface area contributed by atoms with Gasteiger partial charge in [-0.25, -0.2) is 14.0 Å². The summed E-state index contributed by atoms with van der Waals surface area (Å²) in [5.41, 5.74) is -2.29. The standard InChI is InChI=1S/C14H26FNO4/c1-8-19-11(17)10(9-14(5,6)15)16(7)12(18)20-13(2,3)4/h10H,8-9H2,1-7H3. The summed E-state index contributed by atoms with van der Waals surface area (Å²) in [6.07, 6.45) is -0.832. The summed E-state index contributed by atoms with van der Waals surface area (Å²) in [6, 6.07) is -1.01. The summed E-state index contributed by atoms with van der Waals surface area (Å²) in [5.74, 6) is -0.633. The summed E-state index contributed by atoms with van der Waals surface area (Å²) < 4.78 is 23.9. The van der Waals surface area contributed by atoms with E-state index >= 15 is 0 Å². The van der Waals surface area contributed by atoms with Gasteiger partial charge in [0.05, 0.1) is 6.61 Å². The Labute approximate surface area is 120 Å². The Morgan fingerprint density at radius 1 is 1.20 bits per heavy atom. The fraction of sp³-hybridized carbons (Fsp3) is 0.857. The van der Waals surface area contributed by atoms with Crippen molar-refractivity contribution in [3.8, 4) is 0 Å². The Balaban J connectivity index is 5.01. The van der Waals surface area contributed by atoms with Crippen molar-refractivity contribution in [2.75, 3.05) is 13.7 Å². The van der Waals surface area contributed by atoms with Crippen molar-refractivity contribution in [2.24, 2.45) is 0 Å². The molecule has 0 aromatic rings. The monoisotopic (exact) mass is 291 g/mol. The number of carbonyl (C=O) groups is 2. The third kappa shape index (κ3) is 7.31. The Morgan fingerprint density at radius 2 is 1.70 bits per heavy atom. The molecule has 5 nitrogen and oxygen atoms in total. The number of likely N-dealkylation sites (N-methyl/N-ethyl adjacent to an activating group) is 1. The highest BCUT2D eigenvalue weighted by molar-refractivity contribution is 5.81. The van der Waals surface area contributed by atoms with Crippen molar-refractivity contribution >= 4 is 12.1 Å². The molecule has 0 aliphatic carbocycles. The molecule has 20 heavy (non-hydrogen) atoms. The summed E-state index contributed by atoms with van der Waals surface area (Å²) in [5, 5.41) is 0. The molecule has 6 heteroatoms. The smallest absolute Gasteiger partial charge is 0.410 e. The summed E-state index contributed by atoms with van der Waals surface area (Å²) in [4.78, 5) is 25.0. The van der Waals surface area contributed by atoms with E-state index in [0.717, 1.165) is 4.90 Å². The third-order valence-electron chi connectivity index (χ3n) is 2.39. The van der Waals surface area contributed by atoms with Crippen LogP contribution in [-0.2, 0) is 14.3 Å². The van der Waals surface area contributed by atoms with Crippen molar-refractivity contribution in [1.29, 1.82) is 0 Å². The summed E-state index contributed by atoms with van der Waals surface area (Å²) in [7, 11) is 1.40. The highest BCUT2D eigenvalue weighted by Crippen LogP contribution is 2.21. The van der Waals surface area contributed by atoms with Crippen molar-refractivity contribution in [1.82, 2.24) is 4.90 Å². The van der Waals surface area contributed by atoms with Crippen LogP contribution >= 0.6 is 0 Å². The van der Waals surface area contributed by atoms with Gasteiger partial charge in [-0.1, -0.05) is 0 Å².